The van der Waals surface area contributed by atoms with Gasteiger partial charge < -0.3 is 5.11 Å². The summed E-state index contributed by atoms with van der Waals surface area (Å²) in [6, 6.07) is 5.62. The molecule has 1 N–H and O–H groups in total. The number of thioether (sulfide) groups is 1. The number of carboxylic acid groups (broad SMARTS) is 1. The van der Waals surface area contributed by atoms with Crippen molar-refractivity contribution >= 4 is 17.7 Å². The minimum atomic E-state index is -0.804. The molecule has 1 aromatic carbocycles. The van der Waals surface area contributed by atoms with E-state index in [1.54, 1.807) is 6.07 Å². The molecule has 0 saturated carbocycles. The number of rotatable bonds is 5. The number of hydrogen-bond acceptors (Lipinski definition) is 3. The van der Waals surface area contributed by atoms with Crippen LogP contribution in [0.2, 0.25) is 0 Å². The molecule has 1 heterocycles. The fraction of sp³-hybridized carbons (Fsp3) is 0.500. The molecule has 0 bridgehead atoms. The molecule has 2 rings (SSSR count). The van der Waals surface area contributed by atoms with E-state index in [0.717, 1.165) is 43.1 Å². The van der Waals surface area contributed by atoms with Gasteiger partial charge in [-0.15, -0.1) is 0 Å². The Balaban J connectivity index is 2.06. The van der Waals surface area contributed by atoms with Crippen LogP contribution in [0.5, 0.6) is 0 Å². The fourth-order valence-corrected chi connectivity index (χ4v) is 3.07. The molecule has 0 fully saturated rings. The number of benzene rings is 1. The lowest BCUT2D eigenvalue weighted by Crippen LogP contribution is -2.33. The zero-order valence-corrected chi connectivity index (χ0v) is 11.5. The normalized spacial score (nSPS) is 15.4. The molecule has 0 spiro atoms. The smallest absolute Gasteiger partial charge is 0.335 e. The van der Waals surface area contributed by atoms with Gasteiger partial charge in [-0.25, -0.2) is 4.79 Å². The quantitative estimate of drug-likeness (QED) is 0.830. The molecule has 0 saturated heterocycles. The monoisotopic (exact) mass is 265 g/mol. The van der Waals surface area contributed by atoms with Crippen molar-refractivity contribution in [1.82, 2.24) is 4.90 Å². The van der Waals surface area contributed by atoms with Crippen molar-refractivity contribution in [3.63, 3.8) is 0 Å². The van der Waals surface area contributed by atoms with Gasteiger partial charge in [0.2, 0.25) is 0 Å². The molecule has 1 aliphatic rings. The summed E-state index contributed by atoms with van der Waals surface area (Å²) in [6.07, 6.45) is 0.856. The third-order valence-corrected chi connectivity index (χ3v) is 4.21. The van der Waals surface area contributed by atoms with Crippen molar-refractivity contribution < 1.29 is 9.90 Å². The van der Waals surface area contributed by atoms with Crippen molar-refractivity contribution in [2.45, 2.75) is 19.9 Å². The molecule has 0 amide bonds. The standard InChI is InChI=1S/C14H19NO2S/c1-2-18-9-8-15-7-6-12-11(10-15)4-3-5-13(12)14(16)17/h3-5H,2,6-10H2,1H3,(H,16,17). The molecule has 0 atom stereocenters. The Morgan fingerprint density at radius 2 is 2.33 bits per heavy atom. The van der Waals surface area contributed by atoms with Crippen LogP contribution in [0.25, 0.3) is 0 Å². The lowest BCUT2D eigenvalue weighted by atomic mass is 9.94. The predicted molar refractivity (Wildman–Crippen MR) is 75.4 cm³/mol. The van der Waals surface area contributed by atoms with Gasteiger partial charge in [-0.2, -0.15) is 11.8 Å². The molecular formula is C14H19NO2S. The molecule has 1 aromatic rings. The molecule has 0 radical (unpaired) electrons. The first kappa shape index (κ1) is 13.4. The Kier molecular flexibility index (Phi) is 4.66. The van der Waals surface area contributed by atoms with Crippen LogP contribution in [-0.4, -0.2) is 40.6 Å². The number of carboxylic acids is 1. The zero-order chi connectivity index (χ0) is 13.0. The molecule has 4 heteroatoms. The Labute approximate surface area is 112 Å². The highest BCUT2D eigenvalue weighted by atomic mass is 32.2. The Morgan fingerprint density at radius 1 is 1.50 bits per heavy atom. The van der Waals surface area contributed by atoms with E-state index in [2.05, 4.69) is 17.9 Å². The Bertz CT molecular complexity index is 434. The van der Waals surface area contributed by atoms with E-state index in [1.807, 2.05) is 17.8 Å². The summed E-state index contributed by atoms with van der Waals surface area (Å²) in [4.78, 5) is 13.6. The molecular weight excluding hydrogens is 246 g/mol. The first-order chi connectivity index (χ1) is 8.72. The number of fused-ring (bicyclic) bond motifs is 1. The molecule has 1 aliphatic heterocycles. The van der Waals surface area contributed by atoms with Crippen molar-refractivity contribution in [3.8, 4) is 0 Å². The fourth-order valence-electron chi connectivity index (χ4n) is 2.40. The second kappa shape index (κ2) is 6.25. The van der Waals surface area contributed by atoms with E-state index in [9.17, 15) is 4.79 Å². The van der Waals surface area contributed by atoms with Crippen LogP contribution >= 0.6 is 11.8 Å². The highest BCUT2D eigenvalue weighted by molar-refractivity contribution is 7.99. The third kappa shape index (κ3) is 3.06. The van der Waals surface area contributed by atoms with E-state index in [0.29, 0.717) is 5.56 Å². The van der Waals surface area contributed by atoms with Gasteiger partial charge in [0.05, 0.1) is 5.56 Å². The van der Waals surface area contributed by atoms with E-state index in [-0.39, 0.29) is 0 Å². The minimum absolute atomic E-state index is 0.482. The second-order valence-corrected chi connectivity index (χ2v) is 5.87. The maximum Gasteiger partial charge on any atom is 0.335 e. The van der Waals surface area contributed by atoms with Crippen LogP contribution in [0.1, 0.15) is 28.4 Å². The van der Waals surface area contributed by atoms with Gasteiger partial charge in [-0.05, 0) is 29.4 Å². The van der Waals surface area contributed by atoms with Crippen molar-refractivity contribution in [2.75, 3.05) is 24.6 Å². The molecule has 0 aromatic heterocycles. The predicted octanol–water partition coefficient (Wildman–Crippen LogP) is 2.50. The van der Waals surface area contributed by atoms with Crippen molar-refractivity contribution in [3.05, 3.63) is 34.9 Å². The number of nitrogens with zero attached hydrogens (tertiary/aromatic N) is 1. The first-order valence-corrected chi connectivity index (χ1v) is 7.52. The summed E-state index contributed by atoms with van der Waals surface area (Å²) >= 11 is 1.96. The highest BCUT2D eigenvalue weighted by Gasteiger charge is 2.20. The molecule has 18 heavy (non-hydrogen) atoms. The molecule has 0 unspecified atom stereocenters. The average molecular weight is 265 g/mol. The van der Waals surface area contributed by atoms with Crippen LogP contribution in [-0.2, 0) is 13.0 Å². The molecule has 0 aliphatic carbocycles. The second-order valence-electron chi connectivity index (χ2n) is 4.47. The summed E-state index contributed by atoms with van der Waals surface area (Å²) in [6.45, 7) is 5.13. The minimum Gasteiger partial charge on any atom is -0.478 e. The maximum absolute atomic E-state index is 11.1. The summed E-state index contributed by atoms with van der Waals surface area (Å²) < 4.78 is 0. The van der Waals surface area contributed by atoms with Crippen LogP contribution < -0.4 is 0 Å². The first-order valence-electron chi connectivity index (χ1n) is 6.36. The zero-order valence-electron chi connectivity index (χ0n) is 10.7. The average Bonchev–Trinajstić information content (AvgIpc) is 2.38. The Morgan fingerprint density at radius 3 is 3.06 bits per heavy atom. The topological polar surface area (TPSA) is 40.5 Å². The lowest BCUT2D eigenvalue weighted by molar-refractivity contribution is 0.0694. The Hall–Kier alpha value is -1.00. The number of aromatic carboxylic acids is 1. The van der Waals surface area contributed by atoms with E-state index in [4.69, 9.17) is 5.11 Å². The van der Waals surface area contributed by atoms with Crippen LogP contribution in [0.15, 0.2) is 18.2 Å². The van der Waals surface area contributed by atoms with Crippen LogP contribution in [0, 0.1) is 0 Å². The van der Waals surface area contributed by atoms with Gasteiger partial charge in [0, 0.05) is 25.4 Å². The van der Waals surface area contributed by atoms with Crippen molar-refractivity contribution in [1.29, 1.82) is 0 Å². The largest absolute Gasteiger partial charge is 0.478 e. The SMILES string of the molecule is CCSCCN1CCc2c(cccc2C(=O)O)C1. The molecule has 3 nitrogen and oxygen atoms in total. The van der Waals surface area contributed by atoms with Crippen molar-refractivity contribution in [2.24, 2.45) is 0 Å². The van der Waals surface area contributed by atoms with Gasteiger partial charge in [-0.1, -0.05) is 19.1 Å². The van der Waals surface area contributed by atoms with Gasteiger partial charge in [0.15, 0.2) is 0 Å². The van der Waals surface area contributed by atoms with E-state index < -0.39 is 5.97 Å². The third-order valence-electron chi connectivity index (χ3n) is 3.33. The van der Waals surface area contributed by atoms with Gasteiger partial charge >= 0.3 is 5.97 Å². The van der Waals surface area contributed by atoms with E-state index >= 15 is 0 Å². The van der Waals surface area contributed by atoms with Crippen LogP contribution in [0.3, 0.4) is 0 Å². The maximum atomic E-state index is 11.1. The lowest BCUT2D eigenvalue weighted by Gasteiger charge is -2.29. The summed E-state index contributed by atoms with van der Waals surface area (Å²) in [5.74, 6) is 1.51. The van der Waals surface area contributed by atoms with Gasteiger partial charge in [-0.3, -0.25) is 4.90 Å². The molecule has 98 valence electrons. The summed E-state index contributed by atoms with van der Waals surface area (Å²) in [7, 11) is 0. The summed E-state index contributed by atoms with van der Waals surface area (Å²) in [5, 5.41) is 9.16. The van der Waals surface area contributed by atoms with Crippen LogP contribution in [0.4, 0.5) is 0 Å². The number of hydrogen-bond donors (Lipinski definition) is 1. The number of carbonyl (C=O) groups is 1. The summed E-state index contributed by atoms with van der Waals surface area (Å²) in [5.41, 5.74) is 2.70. The highest BCUT2D eigenvalue weighted by Crippen LogP contribution is 2.22. The van der Waals surface area contributed by atoms with Gasteiger partial charge in [0.1, 0.15) is 0 Å². The van der Waals surface area contributed by atoms with Gasteiger partial charge in [0.25, 0.3) is 0 Å². The van der Waals surface area contributed by atoms with E-state index in [1.165, 1.54) is 5.56 Å².